The third kappa shape index (κ3) is 8.31. The van der Waals surface area contributed by atoms with E-state index in [1.807, 2.05) is 0 Å². The highest BCUT2D eigenvalue weighted by atomic mass is 32.2. The van der Waals surface area contributed by atoms with Gasteiger partial charge in [-0.15, -0.1) is 0 Å². The van der Waals surface area contributed by atoms with Crippen LogP contribution in [0.2, 0.25) is 0 Å². The van der Waals surface area contributed by atoms with Crippen molar-refractivity contribution in [2.75, 3.05) is 39.1 Å². The normalized spacial score (nSPS) is 12.4. The maximum absolute atomic E-state index is 12.2. The number of nitrogens with one attached hydrogen (secondary N) is 2. The van der Waals surface area contributed by atoms with E-state index in [4.69, 9.17) is 4.74 Å². The van der Waals surface area contributed by atoms with Gasteiger partial charge in [0.15, 0.2) is 15.8 Å². The Morgan fingerprint density at radius 3 is 2.46 bits per heavy atom. The first kappa shape index (κ1) is 20.4. The van der Waals surface area contributed by atoms with Crippen molar-refractivity contribution in [2.24, 2.45) is 10.9 Å². The summed E-state index contributed by atoms with van der Waals surface area (Å²) in [5.74, 6) is 1.16. The molecule has 136 valence electrons. The van der Waals surface area contributed by atoms with Crippen molar-refractivity contribution < 1.29 is 13.2 Å². The Bertz CT molecular complexity index is 586. The van der Waals surface area contributed by atoms with Crippen LogP contribution >= 0.6 is 0 Å². The first-order valence-corrected chi connectivity index (χ1v) is 9.91. The molecule has 7 heteroatoms. The summed E-state index contributed by atoms with van der Waals surface area (Å²) in [5, 5.41) is 6.17. The first-order valence-electron chi connectivity index (χ1n) is 8.26. The van der Waals surface area contributed by atoms with Crippen LogP contribution in [0.3, 0.4) is 0 Å². The van der Waals surface area contributed by atoms with Gasteiger partial charge in [0.25, 0.3) is 0 Å². The van der Waals surface area contributed by atoms with Gasteiger partial charge in [0, 0.05) is 33.4 Å². The molecule has 0 radical (unpaired) electrons. The molecule has 2 N–H and O–H groups in total. The third-order valence-electron chi connectivity index (χ3n) is 3.20. The number of hydrogen-bond acceptors (Lipinski definition) is 4. The van der Waals surface area contributed by atoms with E-state index in [2.05, 4.69) is 29.5 Å². The number of aliphatic imine (C=N–C) groups is 1. The van der Waals surface area contributed by atoms with Crippen molar-refractivity contribution in [3.05, 3.63) is 30.3 Å². The Hall–Kier alpha value is -1.60. The monoisotopic (exact) mass is 355 g/mol. The molecule has 1 aromatic carbocycles. The quantitative estimate of drug-likeness (QED) is 0.379. The van der Waals surface area contributed by atoms with Gasteiger partial charge < -0.3 is 15.4 Å². The topological polar surface area (TPSA) is 79.8 Å². The Morgan fingerprint density at radius 1 is 1.17 bits per heavy atom. The van der Waals surface area contributed by atoms with E-state index in [9.17, 15) is 8.42 Å². The second-order valence-corrected chi connectivity index (χ2v) is 7.99. The maximum Gasteiger partial charge on any atom is 0.191 e. The molecular formula is C17H29N3O3S. The summed E-state index contributed by atoms with van der Waals surface area (Å²) < 4.78 is 29.9. The lowest BCUT2D eigenvalue weighted by Gasteiger charge is -2.12. The van der Waals surface area contributed by atoms with Gasteiger partial charge in [-0.1, -0.05) is 32.0 Å². The number of benzene rings is 1. The summed E-state index contributed by atoms with van der Waals surface area (Å²) in [7, 11) is -1.61. The zero-order valence-electron chi connectivity index (χ0n) is 14.8. The molecule has 1 aromatic rings. The van der Waals surface area contributed by atoms with Crippen LogP contribution in [-0.4, -0.2) is 53.5 Å². The van der Waals surface area contributed by atoms with E-state index < -0.39 is 9.84 Å². The molecule has 0 unspecified atom stereocenters. The van der Waals surface area contributed by atoms with Crippen LogP contribution in [0.5, 0.6) is 0 Å². The average molecular weight is 356 g/mol. The van der Waals surface area contributed by atoms with Crippen LogP contribution in [0, 0.1) is 5.92 Å². The van der Waals surface area contributed by atoms with Crippen LogP contribution in [0.15, 0.2) is 40.2 Å². The Labute approximate surface area is 145 Å². The number of hydrogen-bond donors (Lipinski definition) is 2. The zero-order chi connectivity index (χ0) is 17.8. The highest BCUT2D eigenvalue weighted by Crippen LogP contribution is 2.09. The lowest BCUT2D eigenvalue weighted by Crippen LogP contribution is -2.40. The molecule has 24 heavy (non-hydrogen) atoms. The molecule has 0 aromatic heterocycles. The van der Waals surface area contributed by atoms with Gasteiger partial charge in [-0.3, -0.25) is 4.99 Å². The summed E-state index contributed by atoms with van der Waals surface area (Å²) in [6.07, 6.45) is 0.871. The van der Waals surface area contributed by atoms with E-state index in [-0.39, 0.29) is 5.75 Å². The Balaban J connectivity index is 2.25. The van der Waals surface area contributed by atoms with E-state index >= 15 is 0 Å². The molecule has 6 nitrogen and oxygen atoms in total. The van der Waals surface area contributed by atoms with Gasteiger partial charge in [-0.25, -0.2) is 8.42 Å². The van der Waals surface area contributed by atoms with Crippen LogP contribution in [0.4, 0.5) is 0 Å². The first-order chi connectivity index (χ1) is 11.5. The smallest absolute Gasteiger partial charge is 0.191 e. The molecule has 0 aliphatic heterocycles. The van der Waals surface area contributed by atoms with Crippen molar-refractivity contribution in [2.45, 2.75) is 25.2 Å². The molecule has 0 aliphatic carbocycles. The molecule has 0 amide bonds. The van der Waals surface area contributed by atoms with Gasteiger partial charge in [-0.2, -0.15) is 0 Å². The van der Waals surface area contributed by atoms with Crippen molar-refractivity contribution in [3.63, 3.8) is 0 Å². The number of sulfone groups is 1. The molecule has 0 saturated carbocycles. The number of ether oxygens (including phenoxy) is 1. The molecular weight excluding hydrogens is 326 g/mol. The standard InChI is InChI=1S/C17H29N3O3S/c1-15(2)14-23-12-7-10-19-17(18-3)20-11-13-24(21,22)16-8-5-4-6-9-16/h4-6,8-9,15H,7,10-14H2,1-3H3,(H2,18,19,20). The van der Waals surface area contributed by atoms with Gasteiger partial charge >= 0.3 is 0 Å². The largest absolute Gasteiger partial charge is 0.381 e. The van der Waals surface area contributed by atoms with Crippen LogP contribution in [0.1, 0.15) is 20.3 Å². The van der Waals surface area contributed by atoms with Gasteiger partial charge in [-0.05, 0) is 24.5 Å². The summed E-state index contributed by atoms with van der Waals surface area (Å²) in [6.45, 7) is 6.74. The Morgan fingerprint density at radius 2 is 1.83 bits per heavy atom. The molecule has 0 heterocycles. The minimum atomic E-state index is -3.27. The fraction of sp³-hybridized carbons (Fsp3) is 0.588. The molecule has 0 spiro atoms. The maximum atomic E-state index is 12.2. The van der Waals surface area contributed by atoms with Crippen molar-refractivity contribution >= 4 is 15.8 Å². The highest BCUT2D eigenvalue weighted by Gasteiger charge is 2.13. The minimum Gasteiger partial charge on any atom is -0.381 e. The molecule has 0 atom stereocenters. The predicted molar refractivity (Wildman–Crippen MR) is 98.1 cm³/mol. The van der Waals surface area contributed by atoms with Gasteiger partial charge in [0.05, 0.1) is 10.6 Å². The fourth-order valence-corrected chi connectivity index (χ4v) is 3.15. The SMILES string of the molecule is CN=C(NCCCOCC(C)C)NCCS(=O)(=O)c1ccccc1. The Kier molecular flexibility index (Phi) is 9.41. The second-order valence-electron chi connectivity index (χ2n) is 5.88. The second kappa shape index (κ2) is 11.0. The van der Waals surface area contributed by atoms with E-state index in [1.54, 1.807) is 37.4 Å². The predicted octanol–water partition coefficient (Wildman–Crippen LogP) is 1.69. The van der Waals surface area contributed by atoms with Crippen molar-refractivity contribution in [1.82, 2.24) is 10.6 Å². The van der Waals surface area contributed by atoms with Crippen LogP contribution < -0.4 is 10.6 Å². The van der Waals surface area contributed by atoms with Gasteiger partial charge in [0.1, 0.15) is 0 Å². The van der Waals surface area contributed by atoms with Crippen LogP contribution in [0.25, 0.3) is 0 Å². The lowest BCUT2D eigenvalue weighted by molar-refractivity contribution is 0.108. The average Bonchev–Trinajstić information content (AvgIpc) is 2.56. The molecule has 0 fully saturated rings. The summed E-state index contributed by atoms with van der Waals surface area (Å²) in [5.41, 5.74) is 0. The van der Waals surface area contributed by atoms with Crippen LogP contribution in [-0.2, 0) is 14.6 Å². The van der Waals surface area contributed by atoms with Crippen molar-refractivity contribution in [3.8, 4) is 0 Å². The third-order valence-corrected chi connectivity index (χ3v) is 4.93. The molecule has 1 rings (SSSR count). The molecule has 0 bridgehead atoms. The number of nitrogens with zero attached hydrogens (tertiary/aromatic N) is 1. The molecule has 0 saturated heterocycles. The zero-order valence-corrected chi connectivity index (χ0v) is 15.6. The minimum absolute atomic E-state index is 0.0230. The summed E-state index contributed by atoms with van der Waals surface area (Å²) in [6, 6.07) is 8.47. The highest BCUT2D eigenvalue weighted by molar-refractivity contribution is 7.91. The number of guanidine groups is 1. The lowest BCUT2D eigenvalue weighted by atomic mass is 10.2. The van der Waals surface area contributed by atoms with E-state index in [0.717, 1.165) is 19.6 Å². The number of rotatable bonds is 10. The van der Waals surface area contributed by atoms with Gasteiger partial charge in [0.2, 0.25) is 0 Å². The van der Waals surface area contributed by atoms with E-state index in [0.29, 0.717) is 29.9 Å². The van der Waals surface area contributed by atoms with E-state index in [1.165, 1.54) is 0 Å². The van der Waals surface area contributed by atoms with Crippen molar-refractivity contribution in [1.29, 1.82) is 0 Å². The summed E-state index contributed by atoms with van der Waals surface area (Å²) >= 11 is 0. The fourth-order valence-electron chi connectivity index (χ4n) is 1.97. The molecule has 0 aliphatic rings. The summed E-state index contributed by atoms with van der Waals surface area (Å²) in [4.78, 5) is 4.43.